The minimum absolute atomic E-state index is 0.0550. The molecule has 1 fully saturated rings. The van der Waals surface area contributed by atoms with Gasteiger partial charge in [-0.1, -0.05) is 6.07 Å². The average molecular weight is 280 g/mol. The van der Waals surface area contributed by atoms with Gasteiger partial charge in [-0.05, 0) is 31.7 Å². The van der Waals surface area contributed by atoms with Crippen LogP contribution in [0.25, 0.3) is 0 Å². The standard InChI is InChI=1S/C15H24N2O3/c1-11-9-17(7-6-16(11)2)13(10-18)12-4-5-14(19)15(8-12)20-3/h4-5,8,11,13,18-19H,6-7,9-10H2,1-3H3. The number of hydrogen-bond donors (Lipinski definition) is 2. The second-order valence-corrected chi connectivity index (χ2v) is 5.45. The molecule has 1 heterocycles. The number of benzene rings is 1. The van der Waals surface area contributed by atoms with Crippen LogP contribution in [0.5, 0.6) is 11.5 Å². The van der Waals surface area contributed by atoms with Crippen LogP contribution >= 0.6 is 0 Å². The Hall–Kier alpha value is -1.30. The van der Waals surface area contributed by atoms with Crippen LogP contribution in [0, 0.1) is 0 Å². The molecule has 2 N–H and O–H groups in total. The number of phenolic OH excluding ortho intramolecular Hbond substituents is 1. The zero-order chi connectivity index (χ0) is 14.7. The number of phenols is 1. The van der Waals surface area contributed by atoms with Crippen LogP contribution < -0.4 is 4.74 Å². The first-order valence-electron chi connectivity index (χ1n) is 6.99. The highest BCUT2D eigenvalue weighted by atomic mass is 16.5. The van der Waals surface area contributed by atoms with Gasteiger partial charge < -0.3 is 19.8 Å². The maximum atomic E-state index is 9.76. The Morgan fingerprint density at radius 2 is 2.15 bits per heavy atom. The SMILES string of the molecule is COc1cc(C(CO)N2CCN(C)C(C)C2)ccc1O. The number of piperazine rings is 1. The van der Waals surface area contributed by atoms with Gasteiger partial charge in [-0.15, -0.1) is 0 Å². The van der Waals surface area contributed by atoms with E-state index in [1.165, 1.54) is 7.11 Å². The third-order valence-electron chi connectivity index (χ3n) is 4.19. The minimum atomic E-state index is -0.0550. The van der Waals surface area contributed by atoms with E-state index in [0.29, 0.717) is 11.8 Å². The number of aromatic hydroxyl groups is 1. The monoisotopic (exact) mass is 280 g/mol. The van der Waals surface area contributed by atoms with E-state index in [2.05, 4.69) is 23.8 Å². The largest absolute Gasteiger partial charge is 0.504 e. The Bertz CT molecular complexity index is 453. The number of hydrogen-bond acceptors (Lipinski definition) is 5. The number of aliphatic hydroxyl groups is 1. The van der Waals surface area contributed by atoms with Crippen LogP contribution in [-0.4, -0.2) is 66.5 Å². The number of methoxy groups -OCH3 is 1. The molecule has 0 aromatic heterocycles. The Morgan fingerprint density at radius 1 is 1.40 bits per heavy atom. The first-order valence-corrected chi connectivity index (χ1v) is 6.99. The molecular formula is C15H24N2O3. The average Bonchev–Trinajstić information content (AvgIpc) is 2.45. The fourth-order valence-corrected chi connectivity index (χ4v) is 2.69. The van der Waals surface area contributed by atoms with Gasteiger partial charge in [0.2, 0.25) is 0 Å². The highest BCUT2D eigenvalue weighted by Gasteiger charge is 2.27. The normalized spacial score (nSPS) is 22.7. The van der Waals surface area contributed by atoms with Crippen molar-refractivity contribution in [1.29, 1.82) is 0 Å². The summed E-state index contributed by atoms with van der Waals surface area (Å²) in [6.07, 6.45) is 0. The van der Waals surface area contributed by atoms with Crippen LogP contribution in [0.4, 0.5) is 0 Å². The first kappa shape index (κ1) is 15.1. The van der Waals surface area contributed by atoms with Gasteiger partial charge in [-0.25, -0.2) is 0 Å². The molecule has 112 valence electrons. The van der Waals surface area contributed by atoms with E-state index in [4.69, 9.17) is 4.74 Å². The summed E-state index contributed by atoms with van der Waals surface area (Å²) in [4.78, 5) is 4.61. The highest BCUT2D eigenvalue weighted by molar-refractivity contribution is 5.42. The molecule has 0 spiro atoms. The molecule has 2 atom stereocenters. The van der Waals surface area contributed by atoms with Crippen molar-refractivity contribution in [2.45, 2.75) is 19.0 Å². The number of likely N-dealkylation sites (N-methyl/N-ethyl adjacent to an activating group) is 1. The first-order chi connectivity index (χ1) is 9.56. The van der Waals surface area contributed by atoms with Crippen molar-refractivity contribution in [2.24, 2.45) is 0 Å². The van der Waals surface area contributed by atoms with Gasteiger partial charge in [0.1, 0.15) is 0 Å². The smallest absolute Gasteiger partial charge is 0.160 e. The number of nitrogens with zero attached hydrogens (tertiary/aromatic N) is 2. The van der Waals surface area contributed by atoms with Gasteiger partial charge in [0.15, 0.2) is 11.5 Å². The van der Waals surface area contributed by atoms with Crippen LogP contribution in [0.2, 0.25) is 0 Å². The fourth-order valence-electron chi connectivity index (χ4n) is 2.69. The van der Waals surface area contributed by atoms with Gasteiger partial charge >= 0.3 is 0 Å². The number of ether oxygens (including phenoxy) is 1. The van der Waals surface area contributed by atoms with Crippen molar-refractivity contribution >= 4 is 0 Å². The lowest BCUT2D eigenvalue weighted by Crippen LogP contribution is -2.51. The Labute approximate surface area is 120 Å². The maximum absolute atomic E-state index is 9.76. The molecule has 0 saturated carbocycles. The third kappa shape index (κ3) is 3.06. The summed E-state index contributed by atoms with van der Waals surface area (Å²) in [5, 5.41) is 19.4. The summed E-state index contributed by atoms with van der Waals surface area (Å²) in [6.45, 7) is 5.09. The molecule has 1 aromatic carbocycles. The maximum Gasteiger partial charge on any atom is 0.160 e. The van der Waals surface area contributed by atoms with Crippen molar-refractivity contribution in [2.75, 3.05) is 40.4 Å². The summed E-state index contributed by atoms with van der Waals surface area (Å²) < 4.78 is 5.15. The van der Waals surface area contributed by atoms with Crippen molar-refractivity contribution in [3.8, 4) is 11.5 Å². The molecule has 2 rings (SSSR count). The van der Waals surface area contributed by atoms with Gasteiger partial charge in [0, 0.05) is 25.7 Å². The Balaban J connectivity index is 2.19. The van der Waals surface area contributed by atoms with Gasteiger partial charge in [0.05, 0.1) is 19.8 Å². The third-order valence-corrected chi connectivity index (χ3v) is 4.19. The summed E-state index contributed by atoms with van der Waals surface area (Å²) in [7, 11) is 3.66. The lowest BCUT2D eigenvalue weighted by Gasteiger charge is -2.41. The molecule has 1 saturated heterocycles. The molecule has 0 aliphatic carbocycles. The number of rotatable bonds is 4. The predicted molar refractivity (Wildman–Crippen MR) is 78.2 cm³/mol. The molecule has 0 bridgehead atoms. The zero-order valence-corrected chi connectivity index (χ0v) is 12.4. The second kappa shape index (κ2) is 6.43. The molecule has 20 heavy (non-hydrogen) atoms. The molecule has 5 heteroatoms. The Kier molecular flexibility index (Phi) is 4.86. The van der Waals surface area contributed by atoms with E-state index in [0.717, 1.165) is 25.2 Å². The molecule has 0 amide bonds. The molecule has 2 unspecified atom stereocenters. The van der Waals surface area contributed by atoms with E-state index in [1.54, 1.807) is 12.1 Å². The molecule has 1 aliphatic heterocycles. The van der Waals surface area contributed by atoms with Crippen molar-refractivity contribution in [3.05, 3.63) is 23.8 Å². The molecular weight excluding hydrogens is 256 g/mol. The fraction of sp³-hybridized carbons (Fsp3) is 0.600. The van der Waals surface area contributed by atoms with Crippen LogP contribution in [0.3, 0.4) is 0 Å². The van der Waals surface area contributed by atoms with Crippen molar-refractivity contribution < 1.29 is 14.9 Å². The highest BCUT2D eigenvalue weighted by Crippen LogP contribution is 2.31. The van der Waals surface area contributed by atoms with Crippen LogP contribution in [0.15, 0.2) is 18.2 Å². The van der Waals surface area contributed by atoms with E-state index in [1.807, 2.05) is 6.07 Å². The molecule has 0 radical (unpaired) electrons. The van der Waals surface area contributed by atoms with Crippen molar-refractivity contribution in [3.63, 3.8) is 0 Å². The quantitative estimate of drug-likeness (QED) is 0.864. The molecule has 1 aromatic rings. The molecule has 1 aliphatic rings. The minimum Gasteiger partial charge on any atom is -0.504 e. The summed E-state index contributed by atoms with van der Waals surface area (Å²) >= 11 is 0. The Morgan fingerprint density at radius 3 is 2.75 bits per heavy atom. The van der Waals surface area contributed by atoms with Gasteiger partial charge in [-0.3, -0.25) is 4.90 Å². The lowest BCUT2D eigenvalue weighted by atomic mass is 10.0. The van der Waals surface area contributed by atoms with E-state index < -0.39 is 0 Å². The second-order valence-electron chi connectivity index (χ2n) is 5.45. The number of aliphatic hydroxyl groups excluding tert-OH is 1. The van der Waals surface area contributed by atoms with Crippen LogP contribution in [0.1, 0.15) is 18.5 Å². The van der Waals surface area contributed by atoms with Gasteiger partial charge in [0.25, 0.3) is 0 Å². The van der Waals surface area contributed by atoms with Crippen molar-refractivity contribution in [1.82, 2.24) is 9.80 Å². The van der Waals surface area contributed by atoms with Crippen LogP contribution in [-0.2, 0) is 0 Å². The van der Waals surface area contributed by atoms with E-state index in [9.17, 15) is 10.2 Å². The molecule has 5 nitrogen and oxygen atoms in total. The summed E-state index contributed by atoms with van der Waals surface area (Å²) in [5.41, 5.74) is 0.971. The van der Waals surface area contributed by atoms with Gasteiger partial charge in [-0.2, -0.15) is 0 Å². The predicted octanol–water partition coefficient (Wildman–Crippen LogP) is 1.07. The summed E-state index contributed by atoms with van der Waals surface area (Å²) in [6, 6.07) is 5.69. The van der Waals surface area contributed by atoms with E-state index >= 15 is 0 Å². The summed E-state index contributed by atoms with van der Waals surface area (Å²) in [5.74, 6) is 0.572. The topological polar surface area (TPSA) is 56.2 Å². The van der Waals surface area contributed by atoms with E-state index in [-0.39, 0.29) is 18.4 Å². The zero-order valence-electron chi connectivity index (χ0n) is 12.4. The lowest BCUT2D eigenvalue weighted by molar-refractivity contribution is 0.0463.